The van der Waals surface area contributed by atoms with Gasteiger partial charge in [0.1, 0.15) is 11.5 Å². The maximum atomic E-state index is 5.52. The number of benzene rings is 2. The second kappa shape index (κ2) is 5.34. The zero-order valence-electron chi connectivity index (χ0n) is 10.3. The third-order valence-electron chi connectivity index (χ3n) is 2.45. The number of nitrogens with zero attached hydrogens (tertiary/aromatic N) is 3. The zero-order chi connectivity index (χ0) is 13.8. The van der Waals surface area contributed by atoms with Crippen molar-refractivity contribution in [2.24, 2.45) is 15.2 Å². The number of hydrogen-bond donors (Lipinski definition) is 0. The summed E-state index contributed by atoms with van der Waals surface area (Å²) in [7, 11) is 0. The van der Waals surface area contributed by atoms with Crippen molar-refractivity contribution in [3.63, 3.8) is 0 Å². The van der Waals surface area contributed by atoms with Crippen LogP contribution in [0.4, 0.5) is 0 Å². The van der Waals surface area contributed by atoms with Crippen LogP contribution in [0.3, 0.4) is 0 Å². The normalized spacial score (nSPS) is 20.6. The molecule has 0 aromatic heterocycles. The van der Waals surface area contributed by atoms with E-state index in [-0.39, 0.29) is 6.02 Å². The first-order valence-corrected chi connectivity index (χ1v) is 6.34. The summed E-state index contributed by atoms with van der Waals surface area (Å²) in [5, 5.41) is 6.14. The van der Waals surface area contributed by atoms with E-state index in [1.54, 1.807) is 24.3 Å². The summed E-state index contributed by atoms with van der Waals surface area (Å²) < 4.78 is 11.0. The van der Waals surface area contributed by atoms with Gasteiger partial charge < -0.3 is 9.47 Å². The average Bonchev–Trinajstić information content (AvgIpc) is 2.82. The predicted octanol–water partition coefficient (Wildman–Crippen LogP) is 3.78. The second-order valence-corrected chi connectivity index (χ2v) is 4.50. The summed E-state index contributed by atoms with van der Waals surface area (Å²) in [4.78, 5) is 4.06. The molecule has 1 aliphatic heterocycles. The first-order valence-electron chi connectivity index (χ1n) is 5.94. The SMILES string of the molecule is [S]C1(Oc2ccccc2)N=NC(Oc2ccccc2)=N1. The molecule has 6 heteroatoms. The zero-order valence-corrected chi connectivity index (χ0v) is 11.2. The molecule has 1 unspecified atom stereocenters. The standard InChI is InChI=1S/C14H10N3O2S/c20-14(19-12-9-5-2-6-10-12)15-13(16-17-14)18-11-7-3-1-4-8-11/h1-10H. The van der Waals surface area contributed by atoms with Gasteiger partial charge in [0.15, 0.2) is 0 Å². The molecule has 20 heavy (non-hydrogen) atoms. The highest BCUT2D eigenvalue weighted by molar-refractivity contribution is 7.81. The molecule has 1 aliphatic rings. The first-order chi connectivity index (χ1) is 9.73. The topological polar surface area (TPSA) is 55.5 Å². The molecule has 5 nitrogen and oxygen atoms in total. The monoisotopic (exact) mass is 284 g/mol. The van der Waals surface area contributed by atoms with Gasteiger partial charge in [-0.05, 0) is 24.3 Å². The summed E-state index contributed by atoms with van der Waals surface area (Å²) in [5.74, 6) is 1.19. The minimum absolute atomic E-state index is 0.0853. The van der Waals surface area contributed by atoms with E-state index in [9.17, 15) is 0 Å². The summed E-state index contributed by atoms with van der Waals surface area (Å²) in [6.45, 7) is 0. The van der Waals surface area contributed by atoms with E-state index in [1.165, 1.54) is 0 Å². The van der Waals surface area contributed by atoms with Crippen LogP contribution in [0.2, 0.25) is 0 Å². The highest BCUT2D eigenvalue weighted by Crippen LogP contribution is 2.29. The minimum Gasteiger partial charge on any atom is -0.437 e. The van der Waals surface area contributed by atoms with E-state index in [2.05, 4.69) is 15.2 Å². The lowest BCUT2D eigenvalue weighted by Crippen LogP contribution is -2.22. The minimum atomic E-state index is -1.49. The third kappa shape index (κ3) is 2.97. The van der Waals surface area contributed by atoms with E-state index in [4.69, 9.17) is 22.1 Å². The molecule has 0 fully saturated rings. The molecule has 0 aliphatic carbocycles. The molecule has 0 amide bonds. The van der Waals surface area contributed by atoms with Crippen molar-refractivity contribution in [3.05, 3.63) is 60.7 Å². The smallest absolute Gasteiger partial charge is 0.384 e. The Morgan fingerprint density at radius 1 is 0.850 bits per heavy atom. The predicted molar refractivity (Wildman–Crippen MR) is 76.8 cm³/mol. The van der Waals surface area contributed by atoms with Gasteiger partial charge in [-0.15, -0.1) is 4.99 Å². The molecule has 0 saturated carbocycles. The molecular weight excluding hydrogens is 274 g/mol. The number of rotatable bonds is 3. The van der Waals surface area contributed by atoms with Gasteiger partial charge >= 0.3 is 11.2 Å². The Bertz CT molecular complexity index is 646. The molecule has 2 aromatic carbocycles. The largest absolute Gasteiger partial charge is 0.437 e. The Morgan fingerprint density at radius 3 is 2.10 bits per heavy atom. The van der Waals surface area contributed by atoms with E-state index in [0.29, 0.717) is 11.5 Å². The second-order valence-electron chi connectivity index (χ2n) is 3.97. The summed E-state index contributed by atoms with van der Waals surface area (Å²) in [5.41, 5.74) is 0. The van der Waals surface area contributed by atoms with Crippen molar-refractivity contribution >= 4 is 18.7 Å². The molecule has 1 heterocycles. The van der Waals surface area contributed by atoms with Crippen molar-refractivity contribution in [2.45, 2.75) is 5.18 Å². The molecule has 2 aromatic rings. The van der Waals surface area contributed by atoms with Gasteiger partial charge in [-0.25, -0.2) is 0 Å². The van der Waals surface area contributed by atoms with Crippen LogP contribution in [0.5, 0.6) is 11.5 Å². The molecule has 0 spiro atoms. The lowest BCUT2D eigenvalue weighted by Gasteiger charge is -2.14. The fourth-order valence-electron chi connectivity index (χ4n) is 1.59. The van der Waals surface area contributed by atoms with Crippen molar-refractivity contribution in [1.29, 1.82) is 0 Å². The fourth-order valence-corrected chi connectivity index (χ4v) is 1.81. The lowest BCUT2D eigenvalue weighted by molar-refractivity contribution is 0.187. The van der Waals surface area contributed by atoms with Crippen LogP contribution >= 0.6 is 12.6 Å². The number of amidine groups is 1. The molecule has 0 saturated heterocycles. The number of aliphatic imine (C=N–C) groups is 1. The van der Waals surface area contributed by atoms with E-state index >= 15 is 0 Å². The maximum absolute atomic E-state index is 5.52. The molecule has 1 radical (unpaired) electrons. The van der Waals surface area contributed by atoms with Crippen molar-refractivity contribution in [1.82, 2.24) is 0 Å². The van der Waals surface area contributed by atoms with Gasteiger partial charge in [-0.2, -0.15) is 0 Å². The van der Waals surface area contributed by atoms with Crippen molar-refractivity contribution in [3.8, 4) is 11.5 Å². The van der Waals surface area contributed by atoms with Crippen LogP contribution in [0.25, 0.3) is 0 Å². The van der Waals surface area contributed by atoms with Crippen LogP contribution in [0.1, 0.15) is 0 Å². The van der Waals surface area contributed by atoms with E-state index in [0.717, 1.165) is 0 Å². The molecular formula is C14H10N3O2S. The first kappa shape index (κ1) is 12.7. The van der Waals surface area contributed by atoms with Crippen LogP contribution < -0.4 is 9.47 Å². The molecule has 1 atom stereocenters. The number of hydrogen-bond acceptors (Lipinski definition) is 5. The Kier molecular flexibility index (Phi) is 3.39. The number of ether oxygens (including phenoxy) is 2. The van der Waals surface area contributed by atoms with Gasteiger partial charge in [0, 0.05) is 12.6 Å². The van der Waals surface area contributed by atoms with Crippen molar-refractivity contribution in [2.75, 3.05) is 0 Å². The van der Waals surface area contributed by atoms with E-state index in [1.807, 2.05) is 36.4 Å². The van der Waals surface area contributed by atoms with Crippen LogP contribution in [0, 0.1) is 0 Å². The van der Waals surface area contributed by atoms with Gasteiger partial charge in [0.05, 0.1) is 0 Å². The molecule has 3 rings (SSSR count). The Hall–Kier alpha value is -2.34. The molecule has 99 valence electrons. The van der Waals surface area contributed by atoms with E-state index < -0.39 is 5.18 Å². The fraction of sp³-hybridized carbons (Fsp3) is 0.0714. The van der Waals surface area contributed by atoms with Crippen molar-refractivity contribution < 1.29 is 9.47 Å². The quantitative estimate of drug-likeness (QED) is 0.861. The van der Waals surface area contributed by atoms with Crippen LogP contribution in [-0.4, -0.2) is 11.2 Å². The Balaban J connectivity index is 1.73. The van der Waals surface area contributed by atoms with Gasteiger partial charge in [-0.3, -0.25) is 0 Å². The number of azo groups is 1. The van der Waals surface area contributed by atoms with Gasteiger partial charge in [0.2, 0.25) is 0 Å². The lowest BCUT2D eigenvalue weighted by atomic mass is 10.3. The van der Waals surface area contributed by atoms with Gasteiger partial charge in [-0.1, -0.05) is 46.6 Å². The van der Waals surface area contributed by atoms with Gasteiger partial charge in [0.25, 0.3) is 0 Å². The molecule has 0 bridgehead atoms. The van der Waals surface area contributed by atoms with Crippen LogP contribution in [0.15, 0.2) is 75.9 Å². The summed E-state index contributed by atoms with van der Waals surface area (Å²) >= 11 is 5.19. The summed E-state index contributed by atoms with van der Waals surface area (Å²) in [6, 6.07) is 18.4. The Labute approximate surface area is 121 Å². The highest BCUT2D eigenvalue weighted by Gasteiger charge is 2.34. The number of para-hydroxylation sites is 2. The molecule has 0 N–H and O–H groups in total. The highest BCUT2D eigenvalue weighted by atomic mass is 32.1. The average molecular weight is 284 g/mol. The van der Waals surface area contributed by atoms with Crippen LogP contribution in [-0.2, 0) is 0 Å². The third-order valence-corrected chi connectivity index (χ3v) is 2.70. The Morgan fingerprint density at radius 2 is 1.45 bits per heavy atom. The summed E-state index contributed by atoms with van der Waals surface area (Å²) in [6.07, 6.45) is 0. The maximum Gasteiger partial charge on any atom is 0.384 e.